The third-order valence-electron chi connectivity index (χ3n) is 3.48. The van der Waals surface area contributed by atoms with Crippen LogP contribution in [0.5, 0.6) is 0 Å². The zero-order chi connectivity index (χ0) is 11.4. The standard InChI is InChI=1S/C12H22N2OS/c1-9-6-10(7-9)14-12(15)8-16-11-2-4-13-5-3-11/h9-11,13H,2-8H2,1H3,(H,14,15). The molecular weight excluding hydrogens is 220 g/mol. The molecule has 0 atom stereocenters. The lowest BCUT2D eigenvalue weighted by Crippen LogP contribution is -2.44. The Bertz CT molecular complexity index is 235. The first kappa shape index (κ1) is 12.2. The van der Waals surface area contributed by atoms with E-state index >= 15 is 0 Å². The predicted octanol–water partition coefficient (Wildman–Crippen LogP) is 1.39. The van der Waals surface area contributed by atoms with E-state index < -0.39 is 0 Å². The fraction of sp³-hybridized carbons (Fsp3) is 0.917. The van der Waals surface area contributed by atoms with Gasteiger partial charge in [-0.25, -0.2) is 0 Å². The Kier molecular flexibility index (Phi) is 4.53. The molecule has 16 heavy (non-hydrogen) atoms. The maximum atomic E-state index is 11.6. The second-order valence-electron chi connectivity index (χ2n) is 5.10. The normalized spacial score (nSPS) is 30.8. The SMILES string of the molecule is CC1CC(NC(=O)CSC2CCNCC2)C1. The average molecular weight is 242 g/mol. The molecule has 1 aliphatic heterocycles. The fourth-order valence-corrected chi connectivity index (χ4v) is 3.48. The van der Waals surface area contributed by atoms with Gasteiger partial charge in [0.25, 0.3) is 0 Å². The minimum absolute atomic E-state index is 0.237. The van der Waals surface area contributed by atoms with Gasteiger partial charge in [-0.05, 0) is 44.7 Å². The maximum absolute atomic E-state index is 11.6. The van der Waals surface area contributed by atoms with Gasteiger partial charge < -0.3 is 10.6 Å². The summed E-state index contributed by atoms with van der Waals surface area (Å²) in [6, 6.07) is 0.469. The van der Waals surface area contributed by atoms with Crippen LogP contribution in [-0.2, 0) is 4.79 Å². The summed E-state index contributed by atoms with van der Waals surface area (Å²) in [6.07, 6.45) is 4.75. The van der Waals surface area contributed by atoms with Crippen molar-refractivity contribution in [2.75, 3.05) is 18.8 Å². The number of piperidine rings is 1. The summed E-state index contributed by atoms with van der Waals surface area (Å²) in [6.45, 7) is 4.46. The van der Waals surface area contributed by atoms with Gasteiger partial charge in [0.05, 0.1) is 5.75 Å². The highest BCUT2D eigenvalue weighted by Gasteiger charge is 2.26. The third-order valence-corrected chi connectivity index (χ3v) is 4.85. The number of thioether (sulfide) groups is 1. The van der Waals surface area contributed by atoms with E-state index in [9.17, 15) is 4.79 Å². The molecule has 4 heteroatoms. The van der Waals surface area contributed by atoms with Gasteiger partial charge in [-0.15, -0.1) is 11.8 Å². The third kappa shape index (κ3) is 3.67. The van der Waals surface area contributed by atoms with Crippen LogP contribution in [0.3, 0.4) is 0 Å². The Morgan fingerprint density at radius 2 is 2.06 bits per heavy atom. The highest BCUT2D eigenvalue weighted by molar-refractivity contribution is 8.00. The lowest BCUT2D eigenvalue weighted by Gasteiger charge is -2.33. The lowest BCUT2D eigenvalue weighted by molar-refractivity contribution is -0.120. The van der Waals surface area contributed by atoms with Gasteiger partial charge in [0, 0.05) is 11.3 Å². The summed E-state index contributed by atoms with van der Waals surface area (Å²) in [5.74, 6) is 1.69. The van der Waals surface area contributed by atoms with Crippen LogP contribution >= 0.6 is 11.8 Å². The lowest BCUT2D eigenvalue weighted by atomic mass is 9.82. The summed E-state index contributed by atoms with van der Waals surface area (Å²) in [4.78, 5) is 11.6. The Morgan fingerprint density at radius 3 is 2.69 bits per heavy atom. The van der Waals surface area contributed by atoms with E-state index in [-0.39, 0.29) is 5.91 Å². The monoisotopic (exact) mass is 242 g/mol. The minimum atomic E-state index is 0.237. The Balaban J connectivity index is 1.56. The van der Waals surface area contributed by atoms with E-state index in [2.05, 4.69) is 17.6 Å². The first-order valence-corrected chi connectivity index (χ1v) is 7.40. The van der Waals surface area contributed by atoms with Crippen LogP contribution in [0.4, 0.5) is 0 Å². The minimum Gasteiger partial charge on any atom is -0.353 e. The second-order valence-corrected chi connectivity index (χ2v) is 6.39. The van der Waals surface area contributed by atoms with E-state index in [1.807, 2.05) is 11.8 Å². The largest absolute Gasteiger partial charge is 0.353 e. The van der Waals surface area contributed by atoms with Gasteiger partial charge in [-0.1, -0.05) is 6.92 Å². The summed E-state index contributed by atoms with van der Waals surface area (Å²) in [7, 11) is 0. The quantitative estimate of drug-likeness (QED) is 0.783. The molecule has 2 N–H and O–H groups in total. The first-order valence-electron chi connectivity index (χ1n) is 6.35. The number of hydrogen-bond acceptors (Lipinski definition) is 3. The van der Waals surface area contributed by atoms with Crippen LogP contribution in [0.1, 0.15) is 32.6 Å². The van der Waals surface area contributed by atoms with Crippen molar-refractivity contribution in [3.63, 3.8) is 0 Å². The fourth-order valence-electron chi connectivity index (χ4n) is 2.45. The number of carbonyl (C=O) groups is 1. The van der Waals surface area contributed by atoms with Gasteiger partial charge in [-0.2, -0.15) is 0 Å². The zero-order valence-electron chi connectivity index (χ0n) is 10.00. The predicted molar refractivity (Wildman–Crippen MR) is 68.7 cm³/mol. The molecule has 0 aromatic heterocycles. The molecule has 0 radical (unpaired) electrons. The molecule has 2 fully saturated rings. The Morgan fingerprint density at radius 1 is 1.38 bits per heavy atom. The van der Waals surface area contributed by atoms with Gasteiger partial charge in [-0.3, -0.25) is 4.79 Å². The van der Waals surface area contributed by atoms with Crippen LogP contribution in [0, 0.1) is 5.92 Å². The molecule has 1 saturated carbocycles. The first-order chi connectivity index (χ1) is 7.74. The van der Waals surface area contributed by atoms with Crippen LogP contribution in [0.15, 0.2) is 0 Å². The molecule has 1 aliphatic carbocycles. The van der Waals surface area contributed by atoms with Crippen LogP contribution in [-0.4, -0.2) is 36.0 Å². The van der Waals surface area contributed by atoms with Crippen molar-refractivity contribution in [3.05, 3.63) is 0 Å². The number of nitrogens with one attached hydrogen (secondary N) is 2. The van der Waals surface area contributed by atoms with Gasteiger partial charge in [0.1, 0.15) is 0 Å². The van der Waals surface area contributed by atoms with Gasteiger partial charge >= 0.3 is 0 Å². The molecule has 0 aromatic rings. The van der Waals surface area contributed by atoms with Crippen molar-refractivity contribution < 1.29 is 4.79 Å². The molecule has 0 spiro atoms. The van der Waals surface area contributed by atoms with E-state index in [4.69, 9.17) is 0 Å². The second kappa shape index (κ2) is 5.92. The molecular formula is C12H22N2OS. The molecule has 92 valence electrons. The smallest absolute Gasteiger partial charge is 0.230 e. The van der Waals surface area contributed by atoms with Crippen molar-refractivity contribution in [1.82, 2.24) is 10.6 Å². The van der Waals surface area contributed by atoms with Crippen molar-refractivity contribution in [3.8, 4) is 0 Å². The average Bonchev–Trinajstić information content (AvgIpc) is 2.26. The summed E-state index contributed by atoms with van der Waals surface area (Å²) in [5, 5.41) is 7.14. The molecule has 1 heterocycles. The number of carbonyl (C=O) groups excluding carboxylic acids is 1. The highest BCUT2D eigenvalue weighted by Crippen LogP contribution is 2.26. The zero-order valence-corrected chi connectivity index (χ0v) is 10.8. The summed E-state index contributed by atoms with van der Waals surface area (Å²) in [5.41, 5.74) is 0. The van der Waals surface area contributed by atoms with Gasteiger partial charge in [0.15, 0.2) is 0 Å². The number of rotatable bonds is 4. The van der Waals surface area contributed by atoms with Crippen molar-refractivity contribution in [1.29, 1.82) is 0 Å². The maximum Gasteiger partial charge on any atom is 0.230 e. The molecule has 0 unspecified atom stereocenters. The topological polar surface area (TPSA) is 41.1 Å². The Labute approximate surface area is 102 Å². The van der Waals surface area contributed by atoms with E-state index in [1.165, 1.54) is 25.7 Å². The molecule has 2 aliphatic rings. The molecule has 2 rings (SSSR count). The van der Waals surface area contributed by atoms with Crippen LogP contribution in [0.2, 0.25) is 0 Å². The number of hydrogen-bond donors (Lipinski definition) is 2. The molecule has 0 aromatic carbocycles. The van der Waals surface area contributed by atoms with Crippen LogP contribution in [0.25, 0.3) is 0 Å². The van der Waals surface area contributed by atoms with Gasteiger partial charge in [0.2, 0.25) is 5.91 Å². The highest BCUT2D eigenvalue weighted by atomic mass is 32.2. The van der Waals surface area contributed by atoms with E-state index in [1.54, 1.807) is 0 Å². The Hall–Kier alpha value is -0.220. The van der Waals surface area contributed by atoms with Crippen molar-refractivity contribution in [2.24, 2.45) is 5.92 Å². The molecule has 1 amide bonds. The van der Waals surface area contributed by atoms with E-state index in [0.29, 0.717) is 17.0 Å². The molecule has 0 bridgehead atoms. The molecule has 1 saturated heterocycles. The summed E-state index contributed by atoms with van der Waals surface area (Å²) >= 11 is 1.83. The van der Waals surface area contributed by atoms with Crippen LogP contribution < -0.4 is 10.6 Å². The van der Waals surface area contributed by atoms with Crippen molar-refractivity contribution >= 4 is 17.7 Å². The molecule has 3 nitrogen and oxygen atoms in total. The van der Waals surface area contributed by atoms with Crippen molar-refractivity contribution in [2.45, 2.75) is 43.9 Å². The van der Waals surface area contributed by atoms with E-state index in [0.717, 1.165) is 19.0 Å². The summed E-state index contributed by atoms with van der Waals surface area (Å²) < 4.78 is 0. The number of amides is 1.